The van der Waals surface area contributed by atoms with Crippen molar-refractivity contribution in [2.24, 2.45) is 0 Å². The highest BCUT2D eigenvalue weighted by molar-refractivity contribution is 5.94. The van der Waals surface area contributed by atoms with Gasteiger partial charge in [-0.15, -0.1) is 0 Å². The van der Waals surface area contributed by atoms with E-state index in [2.05, 4.69) is 27.1 Å². The highest BCUT2D eigenvalue weighted by Gasteiger charge is 2.22. The lowest BCUT2D eigenvalue weighted by Gasteiger charge is -2.32. The van der Waals surface area contributed by atoms with E-state index in [1.807, 2.05) is 47.3 Å². The fraction of sp³-hybridized carbons (Fsp3) is 0.476. The lowest BCUT2D eigenvalue weighted by molar-refractivity contribution is -0.124. The molecular weight excluding hydrogens is 368 g/mol. The zero-order valence-electron chi connectivity index (χ0n) is 17.3. The summed E-state index contributed by atoms with van der Waals surface area (Å²) < 4.78 is 3.80. The van der Waals surface area contributed by atoms with E-state index in [-0.39, 0.29) is 11.5 Å². The van der Waals surface area contributed by atoms with Gasteiger partial charge in [-0.2, -0.15) is 4.98 Å². The number of likely N-dealkylation sites (N-methyl/N-ethyl adjacent to an activating group) is 1. The Kier molecular flexibility index (Phi) is 5.38. The SMILES string of the molecule is Cc1cc(=O)nc2c3ccccc3n(C(C)C(=O)NCCN3CCN(C)CC3)n12. The third kappa shape index (κ3) is 3.77. The van der Waals surface area contributed by atoms with E-state index in [1.165, 1.54) is 6.07 Å². The first-order chi connectivity index (χ1) is 14.0. The molecule has 1 unspecified atom stereocenters. The van der Waals surface area contributed by atoms with Crippen LogP contribution in [0.15, 0.2) is 35.1 Å². The molecule has 0 bridgehead atoms. The van der Waals surface area contributed by atoms with Crippen LogP contribution < -0.4 is 10.9 Å². The summed E-state index contributed by atoms with van der Waals surface area (Å²) in [4.78, 5) is 33.8. The van der Waals surface area contributed by atoms with Crippen molar-refractivity contribution in [1.29, 1.82) is 0 Å². The second-order valence-electron chi connectivity index (χ2n) is 7.84. The third-order valence-corrected chi connectivity index (χ3v) is 5.76. The minimum atomic E-state index is -0.437. The van der Waals surface area contributed by atoms with Crippen LogP contribution in [0.5, 0.6) is 0 Å². The summed E-state index contributed by atoms with van der Waals surface area (Å²) in [7, 11) is 2.14. The van der Waals surface area contributed by atoms with Crippen LogP contribution in [-0.4, -0.2) is 76.2 Å². The number of piperazine rings is 1. The van der Waals surface area contributed by atoms with E-state index < -0.39 is 6.04 Å². The number of para-hydroxylation sites is 1. The van der Waals surface area contributed by atoms with E-state index in [1.54, 1.807) is 0 Å². The number of hydrogen-bond donors (Lipinski definition) is 1. The minimum Gasteiger partial charge on any atom is -0.353 e. The number of fused-ring (bicyclic) bond motifs is 3. The molecular formula is C21H28N6O2. The molecule has 154 valence electrons. The fourth-order valence-electron chi connectivity index (χ4n) is 4.06. The van der Waals surface area contributed by atoms with Crippen LogP contribution in [-0.2, 0) is 4.79 Å². The van der Waals surface area contributed by atoms with Crippen molar-refractivity contribution in [1.82, 2.24) is 29.3 Å². The molecule has 29 heavy (non-hydrogen) atoms. The van der Waals surface area contributed by atoms with E-state index in [0.717, 1.165) is 49.3 Å². The smallest absolute Gasteiger partial charge is 0.273 e. The van der Waals surface area contributed by atoms with Gasteiger partial charge in [-0.05, 0) is 33.0 Å². The molecule has 1 aliphatic rings. The van der Waals surface area contributed by atoms with Crippen LogP contribution in [0.2, 0.25) is 0 Å². The lowest BCUT2D eigenvalue weighted by atomic mass is 10.2. The average molecular weight is 396 g/mol. The van der Waals surface area contributed by atoms with Gasteiger partial charge in [0.05, 0.1) is 5.52 Å². The molecule has 0 spiro atoms. The maximum absolute atomic E-state index is 12.9. The number of hydrogen-bond acceptors (Lipinski definition) is 5. The third-order valence-electron chi connectivity index (χ3n) is 5.76. The van der Waals surface area contributed by atoms with Gasteiger partial charge >= 0.3 is 0 Å². The number of rotatable bonds is 5. The molecule has 1 atom stereocenters. The van der Waals surface area contributed by atoms with Crippen LogP contribution in [0.3, 0.4) is 0 Å². The zero-order valence-corrected chi connectivity index (χ0v) is 17.3. The van der Waals surface area contributed by atoms with Crippen molar-refractivity contribution >= 4 is 22.5 Å². The van der Waals surface area contributed by atoms with Gasteiger partial charge in [0.15, 0.2) is 5.65 Å². The Labute approximate surface area is 169 Å². The Morgan fingerprint density at radius 1 is 1.21 bits per heavy atom. The number of nitrogens with one attached hydrogen (secondary N) is 1. The van der Waals surface area contributed by atoms with Crippen molar-refractivity contribution in [2.75, 3.05) is 46.3 Å². The van der Waals surface area contributed by atoms with E-state index in [9.17, 15) is 9.59 Å². The number of carbonyl (C=O) groups excluding carboxylic acids is 1. The molecule has 3 aromatic rings. The minimum absolute atomic E-state index is 0.0418. The molecule has 0 aliphatic carbocycles. The molecule has 8 nitrogen and oxygen atoms in total. The van der Waals surface area contributed by atoms with Crippen molar-refractivity contribution < 1.29 is 4.79 Å². The van der Waals surface area contributed by atoms with Crippen LogP contribution in [0, 0.1) is 6.92 Å². The van der Waals surface area contributed by atoms with Gasteiger partial charge in [0.25, 0.3) is 5.56 Å². The number of aryl methyl sites for hydroxylation is 1. The molecule has 3 heterocycles. The monoisotopic (exact) mass is 396 g/mol. The van der Waals surface area contributed by atoms with Gasteiger partial charge < -0.3 is 10.2 Å². The Morgan fingerprint density at radius 2 is 1.93 bits per heavy atom. The topological polar surface area (TPSA) is 74.9 Å². The highest BCUT2D eigenvalue weighted by Crippen LogP contribution is 2.24. The highest BCUT2D eigenvalue weighted by atomic mass is 16.2. The average Bonchev–Trinajstić information content (AvgIpc) is 3.03. The maximum atomic E-state index is 12.9. The Bertz CT molecular complexity index is 1090. The van der Waals surface area contributed by atoms with Crippen LogP contribution >= 0.6 is 0 Å². The Hall–Kier alpha value is -2.71. The quantitative estimate of drug-likeness (QED) is 0.693. The molecule has 4 rings (SSSR count). The molecule has 1 N–H and O–H groups in total. The summed E-state index contributed by atoms with van der Waals surface area (Å²) in [5.74, 6) is -0.0418. The van der Waals surface area contributed by atoms with Crippen LogP contribution in [0.4, 0.5) is 0 Å². The van der Waals surface area contributed by atoms with Gasteiger partial charge in [-0.3, -0.25) is 19.2 Å². The molecule has 0 radical (unpaired) electrons. The van der Waals surface area contributed by atoms with Crippen molar-refractivity contribution in [3.63, 3.8) is 0 Å². The molecule has 1 amide bonds. The predicted octanol–water partition coefficient (Wildman–Crippen LogP) is 0.882. The summed E-state index contributed by atoms with van der Waals surface area (Å²) in [6, 6.07) is 8.81. The summed E-state index contributed by atoms with van der Waals surface area (Å²) in [5, 5.41) is 3.95. The van der Waals surface area contributed by atoms with Gasteiger partial charge in [0, 0.05) is 56.4 Å². The van der Waals surface area contributed by atoms with Crippen molar-refractivity contribution in [3.05, 3.63) is 46.4 Å². The predicted molar refractivity (Wildman–Crippen MR) is 113 cm³/mol. The van der Waals surface area contributed by atoms with E-state index >= 15 is 0 Å². The van der Waals surface area contributed by atoms with Crippen molar-refractivity contribution in [3.8, 4) is 0 Å². The molecule has 1 aromatic carbocycles. The molecule has 2 aromatic heterocycles. The molecule has 0 saturated carbocycles. The normalized spacial score (nSPS) is 17.1. The first-order valence-electron chi connectivity index (χ1n) is 10.1. The van der Waals surface area contributed by atoms with Gasteiger partial charge in [0.1, 0.15) is 6.04 Å². The first-order valence-corrected chi connectivity index (χ1v) is 10.1. The second kappa shape index (κ2) is 7.96. The summed E-state index contributed by atoms with van der Waals surface area (Å²) in [5.41, 5.74) is 1.96. The Balaban J connectivity index is 1.57. The number of carbonyl (C=O) groups is 1. The molecule has 1 fully saturated rings. The molecule has 1 saturated heterocycles. The number of aromatic nitrogens is 3. The van der Waals surface area contributed by atoms with E-state index in [0.29, 0.717) is 12.2 Å². The van der Waals surface area contributed by atoms with Gasteiger partial charge in [-0.25, -0.2) is 4.52 Å². The fourth-order valence-corrected chi connectivity index (χ4v) is 4.06. The summed E-state index contributed by atoms with van der Waals surface area (Å²) in [6.45, 7) is 9.42. The number of nitrogens with zero attached hydrogens (tertiary/aromatic N) is 5. The van der Waals surface area contributed by atoms with Gasteiger partial charge in [-0.1, -0.05) is 12.1 Å². The second-order valence-corrected chi connectivity index (χ2v) is 7.84. The molecule has 8 heteroatoms. The van der Waals surface area contributed by atoms with Gasteiger partial charge in [0.2, 0.25) is 5.91 Å². The molecule has 1 aliphatic heterocycles. The standard InChI is InChI=1S/C21H28N6O2/c1-15-14-19(28)23-20-17-6-4-5-7-18(17)27(26(15)20)16(2)21(29)22-8-9-25-12-10-24(3)11-13-25/h4-7,14,16H,8-13H2,1-3H3,(H,22,29). The number of amides is 1. The van der Waals surface area contributed by atoms with Crippen molar-refractivity contribution in [2.45, 2.75) is 19.9 Å². The number of benzene rings is 1. The summed E-state index contributed by atoms with van der Waals surface area (Å²) >= 11 is 0. The zero-order chi connectivity index (χ0) is 20.5. The van der Waals surface area contributed by atoms with Crippen LogP contribution in [0.1, 0.15) is 18.7 Å². The first kappa shape index (κ1) is 19.6. The summed E-state index contributed by atoms with van der Waals surface area (Å²) in [6.07, 6.45) is 0. The Morgan fingerprint density at radius 3 is 2.69 bits per heavy atom. The van der Waals surface area contributed by atoms with Crippen LogP contribution in [0.25, 0.3) is 16.6 Å². The van der Waals surface area contributed by atoms with E-state index in [4.69, 9.17) is 0 Å². The lowest BCUT2D eigenvalue weighted by Crippen LogP contribution is -2.47. The maximum Gasteiger partial charge on any atom is 0.273 e. The largest absolute Gasteiger partial charge is 0.353 e.